The van der Waals surface area contributed by atoms with Crippen LogP contribution in [0, 0.1) is 0 Å². The molecule has 0 aliphatic carbocycles. The molecule has 0 radical (unpaired) electrons. The molecule has 27 heavy (non-hydrogen) atoms. The molecule has 1 heterocycles. The monoisotopic (exact) mass is 362 g/mol. The SMILES string of the molecule is CCN(Cc1ccccc1)C(=O)COC(=O)Cc1cccc2cccnc12. The summed E-state index contributed by atoms with van der Waals surface area (Å²) in [6.07, 6.45) is 1.79. The zero-order valence-corrected chi connectivity index (χ0v) is 15.3. The molecule has 138 valence electrons. The third kappa shape index (κ3) is 4.91. The fraction of sp³-hybridized carbons (Fsp3) is 0.227. The molecule has 0 atom stereocenters. The number of hydrogen-bond acceptors (Lipinski definition) is 4. The largest absolute Gasteiger partial charge is 0.455 e. The molecule has 0 saturated heterocycles. The van der Waals surface area contributed by atoms with Gasteiger partial charge in [-0.05, 0) is 24.1 Å². The Kier molecular flexibility index (Phi) is 6.15. The molecule has 0 N–H and O–H groups in total. The zero-order valence-electron chi connectivity index (χ0n) is 15.3. The van der Waals surface area contributed by atoms with Crippen LogP contribution in [0.1, 0.15) is 18.1 Å². The Labute approximate surface area is 158 Å². The highest BCUT2D eigenvalue weighted by Gasteiger charge is 2.15. The number of likely N-dealkylation sites (N-methyl/N-ethyl adjacent to an activating group) is 1. The number of rotatable bonds is 7. The van der Waals surface area contributed by atoms with Gasteiger partial charge in [0.25, 0.3) is 5.91 Å². The smallest absolute Gasteiger partial charge is 0.310 e. The fourth-order valence-corrected chi connectivity index (χ4v) is 2.93. The van der Waals surface area contributed by atoms with Crippen LogP contribution in [0.15, 0.2) is 66.9 Å². The molecule has 0 fully saturated rings. The van der Waals surface area contributed by atoms with Crippen LogP contribution in [-0.4, -0.2) is 34.9 Å². The molecular formula is C22H22N2O3. The Morgan fingerprint density at radius 3 is 2.56 bits per heavy atom. The third-order valence-electron chi connectivity index (χ3n) is 4.36. The predicted molar refractivity (Wildman–Crippen MR) is 104 cm³/mol. The van der Waals surface area contributed by atoms with Crippen molar-refractivity contribution in [1.29, 1.82) is 0 Å². The van der Waals surface area contributed by atoms with Gasteiger partial charge in [-0.2, -0.15) is 0 Å². The number of carbonyl (C=O) groups excluding carboxylic acids is 2. The number of ether oxygens (including phenoxy) is 1. The van der Waals surface area contributed by atoms with E-state index >= 15 is 0 Å². The Morgan fingerprint density at radius 2 is 1.78 bits per heavy atom. The lowest BCUT2D eigenvalue weighted by Crippen LogP contribution is -2.34. The van der Waals surface area contributed by atoms with Gasteiger partial charge in [0, 0.05) is 24.7 Å². The van der Waals surface area contributed by atoms with E-state index in [9.17, 15) is 9.59 Å². The summed E-state index contributed by atoms with van der Waals surface area (Å²) < 4.78 is 5.22. The molecule has 0 saturated carbocycles. The number of pyridine rings is 1. The van der Waals surface area contributed by atoms with E-state index in [4.69, 9.17) is 4.74 Å². The first-order chi connectivity index (χ1) is 13.2. The van der Waals surface area contributed by atoms with Gasteiger partial charge in [-0.3, -0.25) is 14.6 Å². The predicted octanol–water partition coefficient (Wildman–Crippen LogP) is 3.37. The van der Waals surface area contributed by atoms with Crippen molar-refractivity contribution in [1.82, 2.24) is 9.88 Å². The van der Waals surface area contributed by atoms with E-state index in [-0.39, 0.29) is 18.9 Å². The number of carbonyl (C=O) groups is 2. The van der Waals surface area contributed by atoms with Crippen molar-refractivity contribution >= 4 is 22.8 Å². The minimum absolute atomic E-state index is 0.0897. The van der Waals surface area contributed by atoms with Gasteiger partial charge in [-0.15, -0.1) is 0 Å². The highest BCUT2D eigenvalue weighted by molar-refractivity contribution is 5.87. The molecule has 5 heteroatoms. The van der Waals surface area contributed by atoms with Crippen LogP contribution in [0.25, 0.3) is 10.9 Å². The van der Waals surface area contributed by atoms with Crippen molar-refractivity contribution in [2.24, 2.45) is 0 Å². The Balaban J connectivity index is 1.57. The highest BCUT2D eigenvalue weighted by atomic mass is 16.5. The van der Waals surface area contributed by atoms with E-state index in [1.54, 1.807) is 11.1 Å². The van der Waals surface area contributed by atoms with E-state index < -0.39 is 5.97 Å². The minimum atomic E-state index is -0.433. The van der Waals surface area contributed by atoms with Crippen molar-refractivity contribution in [2.75, 3.05) is 13.2 Å². The summed E-state index contributed by atoms with van der Waals surface area (Å²) in [5, 5.41) is 0.971. The first-order valence-electron chi connectivity index (χ1n) is 8.97. The summed E-state index contributed by atoms with van der Waals surface area (Å²) in [6.45, 7) is 2.71. The summed E-state index contributed by atoms with van der Waals surface area (Å²) >= 11 is 0. The standard InChI is InChI=1S/C22H22N2O3/c1-2-24(15-17-8-4-3-5-9-17)20(25)16-27-21(26)14-19-11-6-10-18-12-7-13-23-22(18)19/h3-13H,2,14-16H2,1H3. The van der Waals surface area contributed by atoms with E-state index in [0.29, 0.717) is 13.1 Å². The number of esters is 1. The van der Waals surface area contributed by atoms with E-state index in [1.807, 2.05) is 67.6 Å². The van der Waals surface area contributed by atoms with Crippen LogP contribution in [0.2, 0.25) is 0 Å². The van der Waals surface area contributed by atoms with Gasteiger partial charge in [0.15, 0.2) is 6.61 Å². The third-order valence-corrected chi connectivity index (χ3v) is 4.36. The van der Waals surface area contributed by atoms with E-state index in [2.05, 4.69) is 4.98 Å². The molecule has 2 aromatic carbocycles. The van der Waals surface area contributed by atoms with Crippen LogP contribution in [0.3, 0.4) is 0 Å². The van der Waals surface area contributed by atoms with Crippen molar-refractivity contribution in [2.45, 2.75) is 19.9 Å². The quantitative estimate of drug-likeness (QED) is 0.605. The number of benzene rings is 2. The minimum Gasteiger partial charge on any atom is -0.455 e. The molecule has 5 nitrogen and oxygen atoms in total. The highest BCUT2D eigenvalue weighted by Crippen LogP contribution is 2.16. The average Bonchev–Trinajstić information content (AvgIpc) is 2.71. The van der Waals surface area contributed by atoms with Crippen LogP contribution in [-0.2, 0) is 27.3 Å². The fourth-order valence-electron chi connectivity index (χ4n) is 2.93. The van der Waals surface area contributed by atoms with Gasteiger partial charge < -0.3 is 9.64 Å². The molecule has 1 aromatic heterocycles. The second-order valence-corrected chi connectivity index (χ2v) is 6.22. The summed E-state index contributed by atoms with van der Waals surface area (Å²) in [4.78, 5) is 30.6. The van der Waals surface area contributed by atoms with Crippen LogP contribution >= 0.6 is 0 Å². The molecular weight excluding hydrogens is 340 g/mol. The van der Waals surface area contributed by atoms with Gasteiger partial charge in [0.05, 0.1) is 11.9 Å². The van der Waals surface area contributed by atoms with Gasteiger partial charge in [-0.1, -0.05) is 54.6 Å². The summed E-state index contributed by atoms with van der Waals surface area (Å²) in [5.74, 6) is -0.636. The van der Waals surface area contributed by atoms with E-state index in [1.165, 1.54) is 0 Å². The Bertz CT molecular complexity index is 920. The average molecular weight is 362 g/mol. The van der Waals surface area contributed by atoms with E-state index in [0.717, 1.165) is 22.0 Å². The number of amides is 1. The van der Waals surface area contributed by atoms with Gasteiger partial charge in [0.1, 0.15) is 0 Å². The maximum atomic E-state index is 12.4. The topological polar surface area (TPSA) is 59.5 Å². The van der Waals surface area contributed by atoms with Crippen molar-refractivity contribution in [3.63, 3.8) is 0 Å². The van der Waals surface area contributed by atoms with Crippen molar-refractivity contribution in [3.8, 4) is 0 Å². The normalized spacial score (nSPS) is 10.6. The lowest BCUT2D eigenvalue weighted by molar-refractivity contribution is -0.151. The van der Waals surface area contributed by atoms with Gasteiger partial charge in [0.2, 0.25) is 0 Å². The van der Waals surface area contributed by atoms with Gasteiger partial charge in [-0.25, -0.2) is 0 Å². The number of para-hydroxylation sites is 1. The maximum absolute atomic E-state index is 12.4. The van der Waals surface area contributed by atoms with Crippen LogP contribution < -0.4 is 0 Å². The number of aromatic nitrogens is 1. The lowest BCUT2D eigenvalue weighted by atomic mass is 10.1. The molecule has 0 unspecified atom stereocenters. The van der Waals surface area contributed by atoms with Crippen LogP contribution in [0.5, 0.6) is 0 Å². The summed E-state index contributed by atoms with van der Waals surface area (Å²) in [5.41, 5.74) is 2.62. The number of nitrogens with zero attached hydrogens (tertiary/aromatic N) is 2. The molecule has 3 aromatic rings. The molecule has 0 bridgehead atoms. The Morgan fingerprint density at radius 1 is 1.00 bits per heavy atom. The lowest BCUT2D eigenvalue weighted by Gasteiger charge is -2.20. The first kappa shape index (κ1) is 18.6. The summed E-state index contributed by atoms with van der Waals surface area (Å²) in [6, 6.07) is 19.2. The molecule has 3 rings (SSSR count). The second-order valence-electron chi connectivity index (χ2n) is 6.22. The van der Waals surface area contributed by atoms with Crippen molar-refractivity contribution < 1.29 is 14.3 Å². The molecule has 0 aliphatic heterocycles. The number of hydrogen-bond donors (Lipinski definition) is 0. The Hall–Kier alpha value is -3.21. The van der Waals surface area contributed by atoms with Crippen molar-refractivity contribution in [3.05, 3.63) is 78.0 Å². The van der Waals surface area contributed by atoms with Gasteiger partial charge >= 0.3 is 5.97 Å². The second kappa shape index (κ2) is 8.94. The summed E-state index contributed by atoms with van der Waals surface area (Å²) in [7, 11) is 0. The molecule has 0 spiro atoms. The zero-order chi connectivity index (χ0) is 19.1. The molecule has 0 aliphatic rings. The first-order valence-corrected chi connectivity index (χ1v) is 8.97. The molecule has 1 amide bonds. The number of fused-ring (bicyclic) bond motifs is 1. The van der Waals surface area contributed by atoms with Crippen LogP contribution in [0.4, 0.5) is 0 Å². The maximum Gasteiger partial charge on any atom is 0.310 e.